The maximum absolute atomic E-state index is 14.4. The number of hydrogen-bond acceptors (Lipinski definition) is 5. The summed E-state index contributed by atoms with van der Waals surface area (Å²) < 4.78 is 21.4. The summed E-state index contributed by atoms with van der Waals surface area (Å²) in [4.78, 5) is 15.7. The SMILES string of the molecule is Cc1nn(C)c(C(N)=O)c1-c1cc(Oc2ccc(N)nc2)ccc1F. The first-order valence-electron chi connectivity index (χ1n) is 7.39. The summed E-state index contributed by atoms with van der Waals surface area (Å²) in [6.07, 6.45) is 1.46. The van der Waals surface area contributed by atoms with E-state index in [1.54, 1.807) is 26.1 Å². The predicted molar refractivity (Wildman–Crippen MR) is 90.6 cm³/mol. The van der Waals surface area contributed by atoms with E-state index < -0.39 is 11.7 Å². The smallest absolute Gasteiger partial charge is 0.267 e. The zero-order valence-corrected chi connectivity index (χ0v) is 13.7. The fraction of sp³-hybridized carbons (Fsp3) is 0.118. The van der Waals surface area contributed by atoms with E-state index >= 15 is 0 Å². The lowest BCUT2D eigenvalue weighted by molar-refractivity contribution is 0.0992. The standard InChI is InChI=1S/C17H16FN5O2/c1-9-15(16(17(20)24)23(2)22-9)12-7-10(3-5-13(12)18)25-11-4-6-14(19)21-8-11/h3-8H,1-2H3,(H2,19,21)(H2,20,24). The molecule has 0 saturated carbocycles. The number of nitrogens with zero attached hydrogens (tertiary/aromatic N) is 3. The molecule has 7 nitrogen and oxygen atoms in total. The Morgan fingerprint density at radius 3 is 2.60 bits per heavy atom. The van der Waals surface area contributed by atoms with E-state index in [0.717, 1.165) is 0 Å². The molecule has 0 saturated heterocycles. The summed E-state index contributed by atoms with van der Waals surface area (Å²) in [6, 6.07) is 7.46. The monoisotopic (exact) mass is 341 g/mol. The lowest BCUT2D eigenvalue weighted by atomic mass is 10.0. The Bertz CT molecular complexity index is 950. The first-order chi connectivity index (χ1) is 11.9. The highest BCUT2D eigenvalue weighted by molar-refractivity contribution is 5.99. The van der Waals surface area contributed by atoms with Crippen molar-refractivity contribution in [2.45, 2.75) is 6.92 Å². The molecule has 1 amide bonds. The zero-order valence-electron chi connectivity index (χ0n) is 13.7. The summed E-state index contributed by atoms with van der Waals surface area (Å²) in [5.74, 6) is -0.0106. The molecule has 4 N–H and O–H groups in total. The van der Waals surface area contributed by atoms with E-state index in [-0.39, 0.29) is 11.3 Å². The van der Waals surface area contributed by atoms with E-state index in [1.807, 2.05) is 0 Å². The number of carbonyl (C=O) groups is 1. The van der Waals surface area contributed by atoms with Gasteiger partial charge in [0, 0.05) is 18.2 Å². The van der Waals surface area contributed by atoms with Crippen molar-refractivity contribution < 1.29 is 13.9 Å². The van der Waals surface area contributed by atoms with Gasteiger partial charge in [0.15, 0.2) is 0 Å². The number of nitrogen functional groups attached to an aromatic ring is 1. The minimum absolute atomic E-state index is 0.128. The third-order valence-corrected chi connectivity index (χ3v) is 3.66. The van der Waals surface area contributed by atoms with Gasteiger partial charge in [-0.3, -0.25) is 9.48 Å². The first kappa shape index (κ1) is 16.4. The van der Waals surface area contributed by atoms with Crippen LogP contribution in [0.1, 0.15) is 16.2 Å². The van der Waals surface area contributed by atoms with Crippen molar-refractivity contribution in [1.29, 1.82) is 0 Å². The van der Waals surface area contributed by atoms with Gasteiger partial charge in [-0.15, -0.1) is 0 Å². The maximum atomic E-state index is 14.4. The Hall–Kier alpha value is -3.42. The summed E-state index contributed by atoms with van der Waals surface area (Å²) in [5, 5.41) is 4.16. The second-order valence-corrected chi connectivity index (χ2v) is 5.46. The number of hydrogen-bond donors (Lipinski definition) is 2. The third-order valence-electron chi connectivity index (χ3n) is 3.66. The lowest BCUT2D eigenvalue weighted by Crippen LogP contribution is -2.17. The topological polar surface area (TPSA) is 109 Å². The molecule has 8 heteroatoms. The number of nitrogens with two attached hydrogens (primary N) is 2. The number of amides is 1. The van der Waals surface area contributed by atoms with Crippen molar-refractivity contribution in [3.05, 3.63) is 53.7 Å². The average Bonchev–Trinajstić information content (AvgIpc) is 2.85. The van der Waals surface area contributed by atoms with Crippen LogP contribution in [0.25, 0.3) is 11.1 Å². The predicted octanol–water partition coefficient (Wildman–Crippen LogP) is 2.40. The van der Waals surface area contributed by atoms with Crippen molar-refractivity contribution >= 4 is 11.7 Å². The minimum Gasteiger partial charge on any atom is -0.456 e. The Balaban J connectivity index is 2.06. The van der Waals surface area contributed by atoms with Crippen LogP contribution < -0.4 is 16.2 Å². The fourth-order valence-electron chi connectivity index (χ4n) is 2.61. The number of carbonyl (C=O) groups excluding carboxylic acids is 1. The lowest BCUT2D eigenvalue weighted by Gasteiger charge is -2.10. The van der Waals surface area contributed by atoms with Gasteiger partial charge in [0.2, 0.25) is 0 Å². The molecule has 3 aromatic rings. The molecule has 0 aliphatic rings. The van der Waals surface area contributed by atoms with Crippen LogP contribution in [0.3, 0.4) is 0 Å². The number of aromatic nitrogens is 3. The highest BCUT2D eigenvalue weighted by Gasteiger charge is 2.22. The van der Waals surface area contributed by atoms with E-state index in [4.69, 9.17) is 16.2 Å². The van der Waals surface area contributed by atoms with Gasteiger partial charge in [-0.05, 0) is 37.3 Å². The number of rotatable bonds is 4. The van der Waals surface area contributed by atoms with Crippen LogP contribution in [0.5, 0.6) is 11.5 Å². The van der Waals surface area contributed by atoms with E-state index in [0.29, 0.717) is 28.6 Å². The molecule has 1 aromatic carbocycles. The second-order valence-electron chi connectivity index (χ2n) is 5.46. The van der Waals surface area contributed by atoms with Crippen molar-refractivity contribution in [3.63, 3.8) is 0 Å². The molecule has 25 heavy (non-hydrogen) atoms. The van der Waals surface area contributed by atoms with Gasteiger partial charge in [0.1, 0.15) is 28.8 Å². The minimum atomic E-state index is -0.688. The molecular formula is C17H16FN5O2. The van der Waals surface area contributed by atoms with Gasteiger partial charge in [-0.1, -0.05) is 0 Å². The van der Waals surface area contributed by atoms with Crippen LogP contribution in [0.2, 0.25) is 0 Å². The fourth-order valence-corrected chi connectivity index (χ4v) is 2.61. The molecule has 0 spiro atoms. The molecule has 128 valence electrons. The Morgan fingerprint density at radius 2 is 1.96 bits per heavy atom. The number of ether oxygens (including phenoxy) is 1. The van der Waals surface area contributed by atoms with Crippen molar-refractivity contribution in [3.8, 4) is 22.6 Å². The molecule has 2 aromatic heterocycles. The number of aryl methyl sites for hydroxylation is 2. The number of primary amides is 1. The molecule has 0 aliphatic carbocycles. The molecule has 0 bridgehead atoms. The van der Waals surface area contributed by atoms with Crippen LogP contribution in [0, 0.1) is 12.7 Å². The number of halogens is 1. The summed E-state index contributed by atoms with van der Waals surface area (Å²) in [6.45, 7) is 1.68. The Morgan fingerprint density at radius 1 is 1.24 bits per heavy atom. The third kappa shape index (κ3) is 3.14. The van der Waals surface area contributed by atoms with Crippen molar-refractivity contribution in [2.24, 2.45) is 12.8 Å². The number of benzene rings is 1. The molecule has 3 rings (SSSR count). The summed E-state index contributed by atoms with van der Waals surface area (Å²) in [7, 11) is 1.58. The van der Waals surface area contributed by atoms with Gasteiger partial charge < -0.3 is 16.2 Å². The van der Waals surface area contributed by atoms with Crippen molar-refractivity contribution in [2.75, 3.05) is 5.73 Å². The van der Waals surface area contributed by atoms with E-state index in [1.165, 1.54) is 29.1 Å². The van der Waals surface area contributed by atoms with Gasteiger partial charge in [0.05, 0.1) is 11.9 Å². The van der Waals surface area contributed by atoms with Crippen LogP contribution in [0.15, 0.2) is 36.5 Å². The Kier molecular flexibility index (Phi) is 4.10. The number of pyridine rings is 1. The Labute approximate surface area is 143 Å². The average molecular weight is 341 g/mol. The van der Waals surface area contributed by atoms with E-state index in [2.05, 4.69) is 10.1 Å². The summed E-state index contributed by atoms with van der Waals surface area (Å²) in [5.41, 5.74) is 12.1. The molecule has 0 unspecified atom stereocenters. The van der Waals surface area contributed by atoms with Crippen molar-refractivity contribution in [1.82, 2.24) is 14.8 Å². The molecule has 0 fully saturated rings. The molecule has 0 atom stereocenters. The summed E-state index contributed by atoms with van der Waals surface area (Å²) >= 11 is 0. The zero-order chi connectivity index (χ0) is 18.1. The molecular weight excluding hydrogens is 325 g/mol. The van der Waals surface area contributed by atoms with Crippen LogP contribution in [-0.4, -0.2) is 20.7 Å². The first-order valence-corrected chi connectivity index (χ1v) is 7.39. The van der Waals surface area contributed by atoms with E-state index in [9.17, 15) is 9.18 Å². The normalized spacial score (nSPS) is 10.7. The molecule has 0 radical (unpaired) electrons. The highest BCUT2D eigenvalue weighted by Crippen LogP contribution is 2.33. The van der Waals surface area contributed by atoms with Gasteiger partial charge in [-0.2, -0.15) is 5.10 Å². The largest absolute Gasteiger partial charge is 0.456 e. The second kappa shape index (κ2) is 6.23. The van der Waals surface area contributed by atoms with Gasteiger partial charge in [0.25, 0.3) is 5.91 Å². The van der Waals surface area contributed by atoms with Gasteiger partial charge >= 0.3 is 0 Å². The van der Waals surface area contributed by atoms with Crippen LogP contribution in [0.4, 0.5) is 10.2 Å². The molecule has 0 aliphatic heterocycles. The number of anilines is 1. The van der Waals surface area contributed by atoms with Crippen LogP contribution in [-0.2, 0) is 7.05 Å². The quantitative estimate of drug-likeness (QED) is 0.757. The maximum Gasteiger partial charge on any atom is 0.267 e. The van der Waals surface area contributed by atoms with Gasteiger partial charge in [-0.25, -0.2) is 9.37 Å². The highest BCUT2D eigenvalue weighted by atomic mass is 19.1. The molecule has 2 heterocycles. The van der Waals surface area contributed by atoms with Crippen LogP contribution >= 0.6 is 0 Å².